The van der Waals surface area contributed by atoms with Crippen molar-refractivity contribution in [2.45, 2.75) is 13.3 Å². The van der Waals surface area contributed by atoms with Crippen molar-refractivity contribution in [1.29, 1.82) is 0 Å². The molecule has 2 heteroatoms. The summed E-state index contributed by atoms with van der Waals surface area (Å²) >= 11 is 0. The van der Waals surface area contributed by atoms with Crippen LogP contribution in [0.4, 0.5) is 0 Å². The van der Waals surface area contributed by atoms with Gasteiger partial charge in [0.2, 0.25) is 0 Å². The molecule has 0 saturated heterocycles. The first-order valence-electron chi connectivity index (χ1n) is 6.18. The second-order valence-corrected chi connectivity index (χ2v) is 3.95. The SMILES string of the molecule is C=C/C=C\C(=C/C=C)c1ncc(C/C(C=C)=C/C)[nH]1. The molecule has 0 saturated carbocycles. The van der Waals surface area contributed by atoms with E-state index in [0.717, 1.165) is 23.5 Å². The Morgan fingerprint density at radius 3 is 2.68 bits per heavy atom. The lowest BCUT2D eigenvalue weighted by molar-refractivity contribution is 1.09. The molecule has 1 heterocycles. The van der Waals surface area contributed by atoms with Crippen LogP contribution >= 0.6 is 0 Å². The Hall–Kier alpha value is -2.35. The molecular weight excluding hydrogens is 232 g/mol. The second-order valence-electron chi connectivity index (χ2n) is 3.95. The summed E-state index contributed by atoms with van der Waals surface area (Å²) < 4.78 is 0. The molecule has 0 amide bonds. The minimum absolute atomic E-state index is 0.805. The summed E-state index contributed by atoms with van der Waals surface area (Å²) in [6.45, 7) is 13.2. The normalized spacial score (nSPS) is 12.7. The van der Waals surface area contributed by atoms with E-state index < -0.39 is 0 Å². The highest BCUT2D eigenvalue weighted by atomic mass is 14.9. The van der Waals surface area contributed by atoms with Gasteiger partial charge in [-0.3, -0.25) is 0 Å². The molecule has 0 bridgehead atoms. The predicted octanol–water partition coefficient (Wildman–Crippen LogP) is 4.40. The summed E-state index contributed by atoms with van der Waals surface area (Å²) in [5.74, 6) is 0.826. The summed E-state index contributed by atoms with van der Waals surface area (Å²) in [6, 6.07) is 0. The van der Waals surface area contributed by atoms with Crippen molar-refractivity contribution in [3.8, 4) is 0 Å². The van der Waals surface area contributed by atoms with Gasteiger partial charge in [0.25, 0.3) is 0 Å². The van der Waals surface area contributed by atoms with Crippen LogP contribution in [0.15, 0.2) is 74.0 Å². The molecule has 0 atom stereocenters. The fourth-order valence-corrected chi connectivity index (χ4v) is 1.62. The Labute approximate surface area is 115 Å². The fraction of sp³-hybridized carbons (Fsp3) is 0.118. The van der Waals surface area contributed by atoms with Crippen molar-refractivity contribution in [3.63, 3.8) is 0 Å². The van der Waals surface area contributed by atoms with Crippen LogP contribution in [0.2, 0.25) is 0 Å². The van der Waals surface area contributed by atoms with Gasteiger partial charge >= 0.3 is 0 Å². The molecule has 0 radical (unpaired) electrons. The van der Waals surface area contributed by atoms with Gasteiger partial charge in [-0.25, -0.2) is 4.98 Å². The highest BCUT2D eigenvalue weighted by Gasteiger charge is 2.04. The number of aromatic amines is 1. The monoisotopic (exact) mass is 252 g/mol. The molecule has 0 aliphatic carbocycles. The van der Waals surface area contributed by atoms with E-state index in [1.807, 2.05) is 43.5 Å². The van der Waals surface area contributed by atoms with Gasteiger partial charge in [-0.2, -0.15) is 0 Å². The van der Waals surface area contributed by atoms with Gasteiger partial charge in [0, 0.05) is 23.9 Å². The Bertz CT molecular complexity index is 539. The molecule has 1 aromatic rings. The average molecular weight is 252 g/mol. The van der Waals surface area contributed by atoms with E-state index in [9.17, 15) is 0 Å². The van der Waals surface area contributed by atoms with Gasteiger partial charge in [0.05, 0.1) is 0 Å². The number of allylic oxidation sites excluding steroid dienone is 9. The zero-order chi connectivity index (χ0) is 14.1. The molecule has 1 aromatic heterocycles. The number of aromatic nitrogens is 2. The lowest BCUT2D eigenvalue weighted by Crippen LogP contribution is -1.89. The van der Waals surface area contributed by atoms with E-state index in [0.29, 0.717) is 0 Å². The zero-order valence-corrected chi connectivity index (χ0v) is 11.4. The van der Waals surface area contributed by atoms with Crippen LogP contribution in [0.3, 0.4) is 0 Å². The number of nitrogens with zero attached hydrogens (tertiary/aromatic N) is 1. The molecule has 0 aromatic carbocycles. The zero-order valence-electron chi connectivity index (χ0n) is 11.4. The first-order chi connectivity index (χ1) is 9.24. The van der Waals surface area contributed by atoms with E-state index in [-0.39, 0.29) is 0 Å². The number of nitrogens with one attached hydrogen (secondary N) is 1. The van der Waals surface area contributed by atoms with Crippen LogP contribution in [0.25, 0.3) is 5.57 Å². The fourth-order valence-electron chi connectivity index (χ4n) is 1.62. The van der Waals surface area contributed by atoms with Crippen molar-refractivity contribution in [1.82, 2.24) is 9.97 Å². The van der Waals surface area contributed by atoms with E-state index in [1.54, 1.807) is 12.2 Å². The molecule has 0 aliphatic rings. The Morgan fingerprint density at radius 2 is 2.11 bits per heavy atom. The molecule has 1 rings (SSSR count). The summed E-state index contributed by atoms with van der Waals surface area (Å²) in [5.41, 5.74) is 3.21. The molecular formula is C17H20N2. The van der Waals surface area contributed by atoms with Gasteiger partial charge in [0.1, 0.15) is 5.82 Å². The van der Waals surface area contributed by atoms with E-state index in [1.165, 1.54) is 5.57 Å². The van der Waals surface area contributed by atoms with Gasteiger partial charge < -0.3 is 4.98 Å². The smallest absolute Gasteiger partial charge is 0.137 e. The maximum atomic E-state index is 4.39. The number of imidazole rings is 1. The quantitative estimate of drug-likeness (QED) is 0.716. The summed E-state index contributed by atoms with van der Waals surface area (Å²) in [7, 11) is 0. The molecule has 2 nitrogen and oxygen atoms in total. The molecule has 1 N–H and O–H groups in total. The minimum Gasteiger partial charge on any atom is -0.342 e. The average Bonchev–Trinajstić information content (AvgIpc) is 2.89. The minimum atomic E-state index is 0.805. The maximum Gasteiger partial charge on any atom is 0.137 e. The third-order valence-electron chi connectivity index (χ3n) is 2.64. The largest absolute Gasteiger partial charge is 0.342 e. The van der Waals surface area contributed by atoms with Crippen LogP contribution in [0, 0.1) is 0 Å². The number of rotatable bonds is 7. The molecule has 0 spiro atoms. The van der Waals surface area contributed by atoms with E-state index >= 15 is 0 Å². The van der Waals surface area contributed by atoms with Gasteiger partial charge in [0.15, 0.2) is 0 Å². The van der Waals surface area contributed by atoms with Crippen molar-refractivity contribution in [3.05, 3.63) is 85.6 Å². The Kier molecular flexibility index (Phi) is 6.10. The molecule has 98 valence electrons. The van der Waals surface area contributed by atoms with Crippen molar-refractivity contribution in [2.75, 3.05) is 0 Å². The standard InChI is InChI=1S/C17H20N2/c1-5-9-11-15(10-6-2)17-18-13-16(19-17)12-14(7-3)8-4/h5-11,13H,1-3,12H2,4H3,(H,18,19)/b11-9-,14-8+,15-10+. The molecule has 0 aliphatic heterocycles. The number of H-pyrrole nitrogens is 1. The maximum absolute atomic E-state index is 4.39. The second kappa shape index (κ2) is 7.88. The van der Waals surface area contributed by atoms with Crippen molar-refractivity contribution >= 4 is 5.57 Å². The van der Waals surface area contributed by atoms with Gasteiger partial charge in [-0.1, -0.05) is 62.3 Å². The first kappa shape index (κ1) is 14.7. The van der Waals surface area contributed by atoms with Crippen LogP contribution < -0.4 is 0 Å². The topological polar surface area (TPSA) is 28.7 Å². The van der Waals surface area contributed by atoms with E-state index in [2.05, 4.69) is 29.7 Å². The van der Waals surface area contributed by atoms with Crippen LogP contribution in [0.5, 0.6) is 0 Å². The van der Waals surface area contributed by atoms with E-state index in [4.69, 9.17) is 0 Å². The summed E-state index contributed by atoms with van der Waals surface area (Å²) in [6.07, 6.45) is 15.8. The van der Waals surface area contributed by atoms with Gasteiger partial charge in [-0.15, -0.1) is 0 Å². The number of hydrogen-bond acceptors (Lipinski definition) is 1. The lowest BCUT2D eigenvalue weighted by Gasteiger charge is -1.99. The summed E-state index contributed by atoms with van der Waals surface area (Å²) in [4.78, 5) is 7.70. The first-order valence-corrected chi connectivity index (χ1v) is 6.18. The highest BCUT2D eigenvalue weighted by Crippen LogP contribution is 2.15. The molecule has 0 unspecified atom stereocenters. The lowest BCUT2D eigenvalue weighted by atomic mass is 10.1. The highest BCUT2D eigenvalue weighted by molar-refractivity contribution is 5.71. The predicted molar refractivity (Wildman–Crippen MR) is 83.8 cm³/mol. The van der Waals surface area contributed by atoms with Crippen LogP contribution in [0.1, 0.15) is 18.4 Å². The Balaban J connectivity index is 2.96. The van der Waals surface area contributed by atoms with Crippen LogP contribution in [-0.4, -0.2) is 9.97 Å². The molecule has 19 heavy (non-hydrogen) atoms. The third-order valence-corrected chi connectivity index (χ3v) is 2.64. The van der Waals surface area contributed by atoms with Crippen LogP contribution in [-0.2, 0) is 6.42 Å². The summed E-state index contributed by atoms with van der Waals surface area (Å²) in [5, 5.41) is 0. The number of hydrogen-bond donors (Lipinski definition) is 1. The van der Waals surface area contributed by atoms with Crippen molar-refractivity contribution in [2.24, 2.45) is 0 Å². The molecule has 0 fully saturated rings. The third kappa shape index (κ3) is 4.43. The Morgan fingerprint density at radius 1 is 1.32 bits per heavy atom. The van der Waals surface area contributed by atoms with Gasteiger partial charge in [-0.05, 0) is 12.5 Å². The van der Waals surface area contributed by atoms with Crippen molar-refractivity contribution < 1.29 is 0 Å².